The van der Waals surface area contributed by atoms with Crippen molar-refractivity contribution in [1.82, 2.24) is 19.9 Å². The van der Waals surface area contributed by atoms with Crippen LogP contribution in [0.4, 0.5) is 10.2 Å². The van der Waals surface area contributed by atoms with E-state index in [1.165, 1.54) is 12.3 Å². The summed E-state index contributed by atoms with van der Waals surface area (Å²) in [5, 5.41) is 15.0. The van der Waals surface area contributed by atoms with Gasteiger partial charge in [-0.3, -0.25) is 4.79 Å². The zero-order valence-electron chi connectivity index (χ0n) is 18.2. The quantitative estimate of drug-likeness (QED) is 0.412. The summed E-state index contributed by atoms with van der Waals surface area (Å²) in [4.78, 5) is 28.9. The lowest BCUT2D eigenvalue weighted by molar-refractivity contribution is -0.148. The molecule has 2 atom stereocenters. The van der Waals surface area contributed by atoms with Crippen molar-refractivity contribution < 1.29 is 14.3 Å². The lowest BCUT2D eigenvalue weighted by Crippen LogP contribution is -2.51. The van der Waals surface area contributed by atoms with Gasteiger partial charge in [0, 0.05) is 28.6 Å². The Morgan fingerprint density at radius 1 is 1.12 bits per heavy atom. The fourth-order valence-electron chi connectivity index (χ4n) is 5.81. The SMILES string of the molecule is Cc1ccc2nc(-c3c[nH]c4ncc(F)cc34)nc(N[C@H]3C4CCC(CC4)[C@@H]3C(=O)O)c2c1. The topological polar surface area (TPSA) is 104 Å². The highest BCUT2D eigenvalue weighted by Gasteiger charge is 2.47. The van der Waals surface area contributed by atoms with E-state index < -0.39 is 17.7 Å². The van der Waals surface area contributed by atoms with Gasteiger partial charge in [-0.2, -0.15) is 0 Å². The molecule has 3 aliphatic rings. The number of aryl methyl sites for hydroxylation is 1. The Bertz CT molecular complexity index is 1390. The number of aromatic amines is 1. The van der Waals surface area contributed by atoms with E-state index in [4.69, 9.17) is 9.97 Å². The number of carbonyl (C=O) groups is 1. The molecule has 3 heterocycles. The molecule has 0 radical (unpaired) electrons. The molecule has 7 rings (SSSR count). The minimum atomic E-state index is -0.741. The molecule has 0 unspecified atom stereocenters. The molecule has 3 aromatic heterocycles. The Morgan fingerprint density at radius 3 is 2.70 bits per heavy atom. The maximum Gasteiger partial charge on any atom is 0.308 e. The number of nitrogens with one attached hydrogen (secondary N) is 2. The molecule has 3 N–H and O–H groups in total. The highest BCUT2D eigenvalue weighted by Crippen LogP contribution is 2.46. The molecular weight excluding hydrogens is 421 g/mol. The number of rotatable bonds is 4. The van der Waals surface area contributed by atoms with Crippen molar-refractivity contribution in [1.29, 1.82) is 0 Å². The van der Waals surface area contributed by atoms with Gasteiger partial charge in [-0.25, -0.2) is 19.3 Å². The van der Waals surface area contributed by atoms with Crippen molar-refractivity contribution in [3.05, 3.63) is 48.0 Å². The molecule has 4 aromatic rings. The monoisotopic (exact) mass is 445 g/mol. The van der Waals surface area contributed by atoms with Gasteiger partial charge in [-0.05, 0) is 62.6 Å². The Balaban J connectivity index is 1.50. The first-order valence-corrected chi connectivity index (χ1v) is 11.4. The third-order valence-corrected chi connectivity index (χ3v) is 7.40. The number of carboxylic acids is 1. The van der Waals surface area contributed by atoms with Crippen molar-refractivity contribution in [3.63, 3.8) is 0 Å². The van der Waals surface area contributed by atoms with Gasteiger partial charge in [0.05, 0.1) is 17.6 Å². The number of carboxylic acid groups (broad SMARTS) is 1. The van der Waals surface area contributed by atoms with Crippen LogP contribution in [0.25, 0.3) is 33.3 Å². The number of hydrogen-bond acceptors (Lipinski definition) is 5. The van der Waals surface area contributed by atoms with Crippen LogP contribution in [-0.2, 0) is 4.79 Å². The number of hydrogen-bond donors (Lipinski definition) is 3. The minimum absolute atomic E-state index is 0.177. The van der Waals surface area contributed by atoms with Gasteiger partial charge in [-0.15, -0.1) is 0 Å². The van der Waals surface area contributed by atoms with Crippen LogP contribution in [0, 0.1) is 30.5 Å². The summed E-state index contributed by atoms with van der Waals surface area (Å²) in [6, 6.07) is 7.20. The second-order valence-electron chi connectivity index (χ2n) is 9.38. The molecule has 0 amide bonds. The van der Waals surface area contributed by atoms with Crippen LogP contribution >= 0.6 is 0 Å². The smallest absolute Gasteiger partial charge is 0.308 e. The molecule has 3 aliphatic carbocycles. The number of halogens is 1. The molecule has 8 heteroatoms. The highest BCUT2D eigenvalue weighted by atomic mass is 19.1. The number of aromatic nitrogens is 4. The van der Waals surface area contributed by atoms with E-state index in [1.807, 2.05) is 25.1 Å². The van der Waals surface area contributed by atoms with Crippen molar-refractivity contribution in [2.75, 3.05) is 5.32 Å². The molecule has 0 spiro atoms. The van der Waals surface area contributed by atoms with Crippen LogP contribution in [0.2, 0.25) is 0 Å². The van der Waals surface area contributed by atoms with E-state index in [0.29, 0.717) is 34.2 Å². The van der Waals surface area contributed by atoms with Crippen molar-refractivity contribution >= 4 is 33.7 Å². The van der Waals surface area contributed by atoms with E-state index in [2.05, 4.69) is 15.3 Å². The zero-order valence-corrected chi connectivity index (χ0v) is 18.2. The van der Waals surface area contributed by atoms with Gasteiger partial charge < -0.3 is 15.4 Å². The predicted molar refractivity (Wildman–Crippen MR) is 123 cm³/mol. The molecule has 0 aliphatic heterocycles. The summed E-state index contributed by atoms with van der Waals surface area (Å²) in [6.07, 6.45) is 6.93. The second kappa shape index (κ2) is 7.50. The van der Waals surface area contributed by atoms with Crippen LogP contribution in [-0.4, -0.2) is 37.1 Å². The number of pyridine rings is 1. The lowest BCUT2D eigenvalue weighted by atomic mass is 9.61. The molecule has 7 nitrogen and oxygen atoms in total. The van der Waals surface area contributed by atoms with Crippen LogP contribution in [0.15, 0.2) is 36.7 Å². The summed E-state index contributed by atoms with van der Waals surface area (Å²) >= 11 is 0. The van der Waals surface area contributed by atoms with Crippen LogP contribution in [0.1, 0.15) is 31.2 Å². The number of anilines is 1. The largest absolute Gasteiger partial charge is 0.481 e. The lowest BCUT2D eigenvalue weighted by Gasteiger charge is -2.47. The average molecular weight is 445 g/mol. The average Bonchev–Trinajstić information content (AvgIpc) is 3.22. The standard InChI is InChI=1S/C25H24FN5O2/c1-12-2-7-19-17(8-12)23(30-21-14-5-3-13(4-6-14)20(21)25(32)33)31-24(29-19)18-11-28-22-16(18)9-15(26)10-27-22/h2,7-11,13-14,20-21H,3-6H2,1H3,(H,27,28)(H,32,33)(H,29,30,31)/t13?,14?,20-,21-/m0/s1. The Hall–Kier alpha value is -3.55. The molecule has 2 bridgehead atoms. The fourth-order valence-corrected chi connectivity index (χ4v) is 5.81. The molecule has 3 fully saturated rings. The third-order valence-electron chi connectivity index (χ3n) is 7.40. The zero-order chi connectivity index (χ0) is 22.7. The number of benzene rings is 1. The highest BCUT2D eigenvalue weighted by molar-refractivity contribution is 5.96. The van der Waals surface area contributed by atoms with Crippen molar-refractivity contribution in [2.45, 2.75) is 38.6 Å². The molecule has 168 valence electrons. The second-order valence-corrected chi connectivity index (χ2v) is 9.38. The van der Waals surface area contributed by atoms with Crippen molar-refractivity contribution in [3.8, 4) is 11.4 Å². The third kappa shape index (κ3) is 3.32. The van der Waals surface area contributed by atoms with Crippen LogP contribution in [0.5, 0.6) is 0 Å². The van der Waals surface area contributed by atoms with Crippen LogP contribution < -0.4 is 5.32 Å². The Morgan fingerprint density at radius 2 is 1.91 bits per heavy atom. The van der Waals surface area contributed by atoms with E-state index >= 15 is 0 Å². The summed E-state index contributed by atoms with van der Waals surface area (Å²) in [5.74, 6) is -0.0260. The van der Waals surface area contributed by atoms with Gasteiger partial charge in [-0.1, -0.05) is 11.6 Å². The summed E-state index contributed by atoms with van der Waals surface area (Å²) in [7, 11) is 0. The minimum Gasteiger partial charge on any atom is -0.481 e. The van der Waals surface area contributed by atoms with E-state index in [9.17, 15) is 14.3 Å². The first kappa shape index (κ1) is 20.1. The fraction of sp³-hybridized carbons (Fsp3) is 0.360. The maximum atomic E-state index is 13.9. The molecule has 0 saturated heterocycles. The predicted octanol–water partition coefficient (Wildman–Crippen LogP) is 4.92. The summed E-state index contributed by atoms with van der Waals surface area (Å²) in [5.41, 5.74) is 3.03. The first-order valence-electron chi connectivity index (χ1n) is 11.4. The Kier molecular flexibility index (Phi) is 4.57. The number of nitrogens with zero attached hydrogens (tertiary/aromatic N) is 3. The van der Waals surface area contributed by atoms with E-state index in [1.54, 1.807) is 6.20 Å². The summed E-state index contributed by atoms with van der Waals surface area (Å²) in [6.45, 7) is 2.01. The maximum absolute atomic E-state index is 13.9. The van der Waals surface area contributed by atoms with Gasteiger partial charge in [0.25, 0.3) is 0 Å². The van der Waals surface area contributed by atoms with Crippen molar-refractivity contribution in [2.24, 2.45) is 17.8 Å². The Labute approximate surface area is 189 Å². The number of aliphatic carboxylic acids is 1. The van der Waals surface area contributed by atoms with Gasteiger partial charge in [0.1, 0.15) is 17.3 Å². The number of fused-ring (bicyclic) bond motifs is 5. The number of H-pyrrole nitrogens is 1. The van der Waals surface area contributed by atoms with Gasteiger partial charge in [0.2, 0.25) is 0 Å². The molecule has 1 aromatic carbocycles. The molecular formula is C25H24FN5O2. The van der Waals surface area contributed by atoms with Crippen LogP contribution in [0.3, 0.4) is 0 Å². The van der Waals surface area contributed by atoms with Gasteiger partial charge >= 0.3 is 5.97 Å². The van der Waals surface area contributed by atoms with E-state index in [-0.39, 0.29) is 12.0 Å². The van der Waals surface area contributed by atoms with E-state index in [0.717, 1.165) is 42.1 Å². The first-order chi connectivity index (χ1) is 16.0. The molecule has 33 heavy (non-hydrogen) atoms. The summed E-state index contributed by atoms with van der Waals surface area (Å²) < 4.78 is 13.9. The molecule has 3 saturated carbocycles. The van der Waals surface area contributed by atoms with Gasteiger partial charge in [0.15, 0.2) is 5.82 Å². The normalized spacial score (nSPS) is 24.4.